The Hall–Kier alpha value is -1.07. The predicted octanol–water partition coefficient (Wildman–Crippen LogP) is 1.72. The van der Waals surface area contributed by atoms with Crippen LogP contribution in [0, 0.1) is 0 Å². The summed E-state index contributed by atoms with van der Waals surface area (Å²) >= 11 is 3.57. The van der Waals surface area contributed by atoms with Crippen LogP contribution >= 0.6 is 15.9 Å². The lowest BCUT2D eigenvalue weighted by Crippen LogP contribution is -2.51. The average molecular weight is 324 g/mol. The van der Waals surface area contributed by atoms with Crippen LogP contribution in [0.15, 0.2) is 22.7 Å². The first-order valence-electron chi connectivity index (χ1n) is 6.72. The second-order valence-corrected chi connectivity index (χ2v) is 6.02. The van der Waals surface area contributed by atoms with Gasteiger partial charge in [0.2, 0.25) is 5.91 Å². The summed E-state index contributed by atoms with van der Waals surface area (Å²) in [6, 6.07) is 6.58. The minimum absolute atomic E-state index is 0.318. The molecule has 2 N–H and O–H groups in total. The molecule has 1 aromatic rings. The van der Waals surface area contributed by atoms with Crippen molar-refractivity contribution in [2.24, 2.45) is 5.73 Å². The number of hydrogen-bond donors (Lipinski definition) is 1. The molecule has 1 atom stereocenters. The lowest BCUT2D eigenvalue weighted by atomic mass is 10.1. The van der Waals surface area contributed by atoms with Crippen molar-refractivity contribution in [2.45, 2.75) is 25.4 Å². The Morgan fingerprint density at radius 2 is 2.21 bits per heavy atom. The molecule has 3 rings (SSSR count). The predicted molar refractivity (Wildman–Crippen MR) is 79.0 cm³/mol. The molecular formula is C14H18BrN3O. The number of hydrogen-bond acceptors (Lipinski definition) is 3. The zero-order valence-corrected chi connectivity index (χ0v) is 12.4. The molecule has 4 nitrogen and oxygen atoms in total. The summed E-state index contributed by atoms with van der Waals surface area (Å²) in [5.74, 6) is 0.318. The van der Waals surface area contributed by atoms with Crippen LogP contribution in [-0.4, -0.2) is 36.5 Å². The molecule has 2 fully saturated rings. The zero-order chi connectivity index (χ0) is 13.4. The van der Waals surface area contributed by atoms with Gasteiger partial charge in [0.15, 0.2) is 0 Å². The SMILES string of the molecule is NCc1c(Br)cccc1N1CCN2C(=O)CCC2C1. The van der Waals surface area contributed by atoms with E-state index in [-0.39, 0.29) is 0 Å². The molecule has 0 radical (unpaired) electrons. The van der Waals surface area contributed by atoms with Crippen molar-refractivity contribution in [3.63, 3.8) is 0 Å². The smallest absolute Gasteiger partial charge is 0.223 e. The maximum atomic E-state index is 11.7. The number of anilines is 1. The van der Waals surface area contributed by atoms with Crippen LogP contribution < -0.4 is 10.6 Å². The average Bonchev–Trinajstić information content (AvgIpc) is 2.79. The number of piperazine rings is 1. The number of nitrogens with zero attached hydrogens (tertiary/aromatic N) is 2. The largest absolute Gasteiger partial charge is 0.367 e. The van der Waals surface area contributed by atoms with E-state index >= 15 is 0 Å². The molecule has 0 bridgehead atoms. The number of carbonyl (C=O) groups is 1. The van der Waals surface area contributed by atoms with Gasteiger partial charge in [-0.05, 0) is 18.6 Å². The number of benzene rings is 1. The normalized spacial score (nSPS) is 22.8. The van der Waals surface area contributed by atoms with Crippen LogP contribution in [0.3, 0.4) is 0 Å². The van der Waals surface area contributed by atoms with Crippen molar-refractivity contribution >= 4 is 27.5 Å². The number of fused-ring (bicyclic) bond motifs is 1. The van der Waals surface area contributed by atoms with E-state index in [0.29, 0.717) is 24.9 Å². The molecule has 0 aromatic heterocycles. The topological polar surface area (TPSA) is 49.6 Å². The highest BCUT2D eigenvalue weighted by Crippen LogP contribution is 2.31. The highest BCUT2D eigenvalue weighted by Gasteiger charge is 2.35. The van der Waals surface area contributed by atoms with Gasteiger partial charge in [-0.3, -0.25) is 4.79 Å². The van der Waals surface area contributed by atoms with Crippen LogP contribution in [0.1, 0.15) is 18.4 Å². The van der Waals surface area contributed by atoms with Crippen LogP contribution in [-0.2, 0) is 11.3 Å². The third-order valence-electron chi connectivity index (χ3n) is 4.13. The van der Waals surface area contributed by atoms with Crippen LogP contribution in [0.25, 0.3) is 0 Å². The van der Waals surface area contributed by atoms with Gasteiger partial charge >= 0.3 is 0 Å². The number of carbonyl (C=O) groups excluding carboxylic acids is 1. The monoisotopic (exact) mass is 323 g/mol. The summed E-state index contributed by atoms with van der Waals surface area (Å²) in [6.45, 7) is 3.18. The van der Waals surface area contributed by atoms with Crippen molar-refractivity contribution in [3.05, 3.63) is 28.2 Å². The van der Waals surface area contributed by atoms with Gasteiger partial charge in [0.1, 0.15) is 0 Å². The zero-order valence-electron chi connectivity index (χ0n) is 10.8. The second-order valence-electron chi connectivity index (χ2n) is 5.17. The molecule has 5 heteroatoms. The first kappa shape index (κ1) is 12.9. The third-order valence-corrected chi connectivity index (χ3v) is 4.88. The molecule has 102 valence electrons. The van der Waals surface area contributed by atoms with E-state index in [1.54, 1.807) is 0 Å². The fourth-order valence-electron chi connectivity index (χ4n) is 3.13. The van der Waals surface area contributed by atoms with E-state index in [9.17, 15) is 4.79 Å². The van der Waals surface area contributed by atoms with Gasteiger partial charge < -0.3 is 15.5 Å². The van der Waals surface area contributed by atoms with Gasteiger partial charge in [0.05, 0.1) is 0 Å². The van der Waals surface area contributed by atoms with Crippen LogP contribution in [0.4, 0.5) is 5.69 Å². The fraction of sp³-hybridized carbons (Fsp3) is 0.500. The van der Waals surface area contributed by atoms with Gasteiger partial charge in [-0.2, -0.15) is 0 Å². The third kappa shape index (κ3) is 2.25. The van der Waals surface area contributed by atoms with Gasteiger partial charge in [-0.1, -0.05) is 22.0 Å². The summed E-state index contributed by atoms with van der Waals surface area (Å²) in [5.41, 5.74) is 8.22. The molecule has 2 heterocycles. The maximum absolute atomic E-state index is 11.7. The summed E-state index contributed by atoms with van der Waals surface area (Å²) in [7, 11) is 0. The molecule has 0 saturated carbocycles. The Morgan fingerprint density at radius 1 is 1.37 bits per heavy atom. The molecule has 1 unspecified atom stereocenters. The molecule has 0 aliphatic carbocycles. The van der Waals surface area contributed by atoms with E-state index in [4.69, 9.17) is 5.73 Å². The van der Waals surface area contributed by atoms with Crippen LogP contribution in [0.2, 0.25) is 0 Å². The van der Waals surface area contributed by atoms with Crippen LogP contribution in [0.5, 0.6) is 0 Å². The Labute approximate surface area is 121 Å². The van der Waals surface area contributed by atoms with Gasteiger partial charge in [-0.25, -0.2) is 0 Å². The molecule has 2 aliphatic heterocycles. The first-order valence-corrected chi connectivity index (χ1v) is 7.52. The first-order chi connectivity index (χ1) is 9.20. The summed E-state index contributed by atoms with van der Waals surface area (Å²) in [4.78, 5) is 16.1. The Morgan fingerprint density at radius 3 is 3.00 bits per heavy atom. The fourth-order valence-corrected chi connectivity index (χ4v) is 3.65. The summed E-state index contributed by atoms with van der Waals surface area (Å²) < 4.78 is 1.07. The molecule has 2 aliphatic rings. The van der Waals surface area contributed by atoms with Gasteiger partial charge in [-0.15, -0.1) is 0 Å². The van der Waals surface area contributed by atoms with Crippen molar-refractivity contribution in [1.82, 2.24) is 4.90 Å². The number of halogens is 1. The molecular weight excluding hydrogens is 306 g/mol. The summed E-state index contributed by atoms with van der Waals surface area (Å²) in [6.07, 6.45) is 1.70. The van der Waals surface area contributed by atoms with E-state index in [1.165, 1.54) is 5.69 Å². The highest BCUT2D eigenvalue weighted by atomic mass is 79.9. The van der Waals surface area contributed by atoms with Crippen molar-refractivity contribution in [3.8, 4) is 0 Å². The second kappa shape index (κ2) is 5.13. The number of nitrogens with two attached hydrogens (primary N) is 1. The van der Waals surface area contributed by atoms with Gasteiger partial charge in [0.25, 0.3) is 0 Å². The standard InChI is InChI=1S/C14H18BrN3O/c15-12-2-1-3-13(11(12)8-16)17-6-7-18-10(9-17)4-5-14(18)19/h1-3,10H,4-9,16H2. The number of rotatable bonds is 2. The van der Waals surface area contributed by atoms with E-state index in [0.717, 1.165) is 36.1 Å². The lowest BCUT2D eigenvalue weighted by Gasteiger charge is -2.39. The molecule has 1 aromatic carbocycles. The van der Waals surface area contributed by atoms with E-state index in [2.05, 4.69) is 26.9 Å². The molecule has 0 spiro atoms. The molecule has 1 amide bonds. The van der Waals surface area contributed by atoms with E-state index in [1.807, 2.05) is 17.0 Å². The molecule has 2 saturated heterocycles. The Bertz CT molecular complexity index is 505. The number of amides is 1. The van der Waals surface area contributed by atoms with Crippen molar-refractivity contribution in [1.29, 1.82) is 0 Å². The quantitative estimate of drug-likeness (QED) is 0.901. The van der Waals surface area contributed by atoms with Gasteiger partial charge in [0, 0.05) is 54.4 Å². The Kier molecular flexibility index (Phi) is 3.50. The minimum atomic E-state index is 0.318. The van der Waals surface area contributed by atoms with Crippen molar-refractivity contribution in [2.75, 3.05) is 24.5 Å². The maximum Gasteiger partial charge on any atom is 0.223 e. The van der Waals surface area contributed by atoms with Crippen molar-refractivity contribution < 1.29 is 4.79 Å². The summed E-state index contributed by atoms with van der Waals surface area (Å²) in [5, 5.41) is 0. The molecule has 19 heavy (non-hydrogen) atoms. The Balaban J connectivity index is 1.84. The highest BCUT2D eigenvalue weighted by molar-refractivity contribution is 9.10. The van der Waals surface area contributed by atoms with E-state index < -0.39 is 0 Å². The lowest BCUT2D eigenvalue weighted by molar-refractivity contribution is -0.129. The minimum Gasteiger partial charge on any atom is -0.367 e.